The lowest BCUT2D eigenvalue weighted by Crippen LogP contribution is -2.54. The molecular weight excluding hydrogens is 705 g/mol. The quantitative estimate of drug-likeness (QED) is 0.0641. The van der Waals surface area contributed by atoms with Gasteiger partial charge in [-0.15, -0.1) is 24.0 Å². The minimum Gasteiger partial charge on any atom is -0.460 e. The molecule has 0 bridgehead atoms. The van der Waals surface area contributed by atoms with E-state index in [-0.39, 0.29) is 42.8 Å². The Morgan fingerprint density at radius 2 is 1.37 bits per heavy atom. The van der Waals surface area contributed by atoms with E-state index in [4.69, 9.17) is 20.6 Å². The minimum absolute atomic E-state index is 0. The third-order valence-electron chi connectivity index (χ3n) is 6.05. The Morgan fingerprint density at radius 1 is 0.783 bits per heavy atom. The van der Waals surface area contributed by atoms with Gasteiger partial charge < -0.3 is 31.2 Å². The Balaban J connectivity index is 0.0000106. The van der Waals surface area contributed by atoms with Crippen molar-refractivity contribution in [2.45, 2.75) is 90.5 Å². The number of hydrogen-bond acceptors (Lipinski definition) is 8. The summed E-state index contributed by atoms with van der Waals surface area (Å²) in [4.78, 5) is 64.5. The molecule has 3 amide bonds. The molecule has 2 rings (SSSR count). The van der Waals surface area contributed by atoms with Gasteiger partial charge in [-0.25, -0.2) is 4.79 Å². The lowest BCUT2D eigenvalue weighted by Gasteiger charge is -2.27. The highest BCUT2D eigenvalue weighted by molar-refractivity contribution is 14.0. The van der Waals surface area contributed by atoms with Crippen molar-refractivity contribution in [1.29, 1.82) is 5.41 Å². The molecule has 0 saturated heterocycles. The second-order valence-electron chi connectivity index (χ2n) is 12.6. The SMILES string of the molecule is CC(C)(C)OC(=O)C[C@H](NC(=O)CC(=O)NCCc1ccc(C(=N)N)cc1)C(=O)N[C@@H](Cc1ccccc1)C(=O)OC(C)(C)C.I. The summed E-state index contributed by atoms with van der Waals surface area (Å²) in [5.41, 5.74) is 6.03. The summed E-state index contributed by atoms with van der Waals surface area (Å²) in [7, 11) is 0. The van der Waals surface area contributed by atoms with Gasteiger partial charge in [0.25, 0.3) is 0 Å². The first kappa shape index (κ1) is 40.0. The molecule has 2 atom stereocenters. The Hall–Kier alpha value is -4.01. The Morgan fingerprint density at radius 3 is 1.91 bits per heavy atom. The largest absolute Gasteiger partial charge is 0.460 e. The molecule has 13 heteroatoms. The normalized spacial score (nSPS) is 12.4. The molecule has 6 N–H and O–H groups in total. The first-order valence-electron chi connectivity index (χ1n) is 14.7. The summed E-state index contributed by atoms with van der Waals surface area (Å²) in [6.07, 6.45) is -0.544. The van der Waals surface area contributed by atoms with Crippen molar-refractivity contribution in [3.05, 3.63) is 71.3 Å². The Labute approximate surface area is 287 Å². The van der Waals surface area contributed by atoms with Gasteiger partial charge in [-0.1, -0.05) is 54.6 Å². The standard InChI is InChI=1S/C33H45N5O7.HI/c1-32(2,3)44-28(41)19-24(30(42)38-25(31(43)45-33(4,5)6)18-22-10-8-7-9-11-22)37-27(40)20-26(39)36-17-16-21-12-14-23(15-13-21)29(34)35;/h7-15,24-25H,16-20H2,1-6H3,(H3,34,35)(H,36,39)(H,37,40)(H,38,42);1H/t24-,25-;/m0./s1. The Bertz CT molecular complexity index is 1350. The van der Waals surface area contributed by atoms with Crippen molar-refractivity contribution in [3.8, 4) is 0 Å². The molecule has 0 aliphatic heterocycles. The first-order valence-corrected chi connectivity index (χ1v) is 14.7. The van der Waals surface area contributed by atoms with Crippen LogP contribution in [-0.4, -0.2) is 65.3 Å². The molecule has 0 aromatic heterocycles. The van der Waals surface area contributed by atoms with Gasteiger partial charge >= 0.3 is 11.9 Å². The molecule has 0 radical (unpaired) electrons. The maximum Gasteiger partial charge on any atom is 0.329 e. The predicted octanol–water partition coefficient (Wildman–Crippen LogP) is 2.92. The van der Waals surface area contributed by atoms with Crippen LogP contribution in [0, 0.1) is 5.41 Å². The third-order valence-corrected chi connectivity index (χ3v) is 6.05. The number of halogens is 1. The summed E-state index contributed by atoms with van der Waals surface area (Å²) >= 11 is 0. The predicted molar refractivity (Wildman–Crippen MR) is 185 cm³/mol. The second kappa shape index (κ2) is 18.2. The highest BCUT2D eigenvalue weighted by atomic mass is 127. The van der Waals surface area contributed by atoms with Crippen LogP contribution in [0.25, 0.3) is 0 Å². The number of nitrogens with two attached hydrogens (primary N) is 1. The summed E-state index contributed by atoms with van der Waals surface area (Å²) in [5.74, 6) is -3.66. The van der Waals surface area contributed by atoms with Crippen LogP contribution in [0.3, 0.4) is 0 Å². The van der Waals surface area contributed by atoms with Crippen LogP contribution in [0.2, 0.25) is 0 Å². The van der Waals surface area contributed by atoms with E-state index in [1.54, 1.807) is 90.1 Å². The molecule has 252 valence electrons. The van der Waals surface area contributed by atoms with Crippen LogP contribution in [-0.2, 0) is 46.3 Å². The molecule has 0 fully saturated rings. The molecule has 2 aromatic rings. The fourth-order valence-corrected chi connectivity index (χ4v) is 4.10. The number of hydrogen-bond donors (Lipinski definition) is 5. The van der Waals surface area contributed by atoms with Gasteiger partial charge in [-0.3, -0.25) is 24.6 Å². The van der Waals surface area contributed by atoms with E-state index < -0.39 is 65.8 Å². The van der Waals surface area contributed by atoms with Crippen molar-refractivity contribution in [2.24, 2.45) is 5.73 Å². The highest BCUT2D eigenvalue weighted by Crippen LogP contribution is 2.13. The van der Waals surface area contributed by atoms with E-state index in [0.717, 1.165) is 11.1 Å². The first-order chi connectivity index (χ1) is 20.9. The number of rotatable bonds is 14. The van der Waals surface area contributed by atoms with Gasteiger partial charge in [0.05, 0.1) is 6.42 Å². The Kier molecular flexibility index (Phi) is 15.8. The van der Waals surface area contributed by atoms with Crippen LogP contribution in [0.15, 0.2) is 54.6 Å². The molecule has 0 heterocycles. The molecule has 46 heavy (non-hydrogen) atoms. The van der Waals surface area contributed by atoms with Crippen LogP contribution < -0.4 is 21.7 Å². The van der Waals surface area contributed by atoms with Crippen molar-refractivity contribution in [3.63, 3.8) is 0 Å². The van der Waals surface area contributed by atoms with Crippen molar-refractivity contribution >= 4 is 59.5 Å². The third kappa shape index (κ3) is 15.8. The molecule has 0 aliphatic rings. The molecule has 0 aliphatic carbocycles. The van der Waals surface area contributed by atoms with Gasteiger partial charge in [0.2, 0.25) is 17.7 Å². The van der Waals surface area contributed by atoms with Gasteiger partial charge in [-0.2, -0.15) is 0 Å². The van der Waals surface area contributed by atoms with E-state index in [0.29, 0.717) is 12.0 Å². The van der Waals surface area contributed by atoms with E-state index in [1.165, 1.54) is 0 Å². The van der Waals surface area contributed by atoms with Gasteiger partial charge in [0, 0.05) is 18.5 Å². The highest BCUT2D eigenvalue weighted by Gasteiger charge is 2.32. The van der Waals surface area contributed by atoms with Crippen LogP contribution in [0.4, 0.5) is 0 Å². The number of ether oxygens (including phenoxy) is 2. The van der Waals surface area contributed by atoms with Crippen molar-refractivity contribution in [2.75, 3.05) is 6.54 Å². The summed E-state index contributed by atoms with van der Waals surface area (Å²) < 4.78 is 10.9. The van der Waals surface area contributed by atoms with Crippen molar-refractivity contribution < 1.29 is 33.4 Å². The number of benzene rings is 2. The fraction of sp³-hybridized carbons (Fsp3) is 0.455. The number of amidine groups is 1. The van der Waals surface area contributed by atoms with Gasteiger partial charge in [0.1, 0.15) is 35.5 Å². The summed E-state index contributed by atoms with van der Waals surface area (Å²) in [6, 6.07) is 13.4. The van der Waals surface area contributed by atoms with Crippen LogP contribution in [0.5, 0.6) is 0 Å². The second-order valence-corrected chi connectivity index (χ2v) is 12.6. The smallest absolute Gasteiger partial charge is 0.329 e. The average molecular weight is 752 g/mol. The number of nitrogen functional groups attached to an aromatic ring is 1. The monoisotopic (exact) mass is 751 g/mol. The number of carbonyl (C=O) groups excluding carboxylic acids is 5. The van der Waals surface area contributed by atoms with E-state index in [1.807, 2.05) is 6.07 Å². The zero-order valence-electron chi connectivity index (χ0n) is 27.2. The van der Waals surface area contributed by atoms with Crippen LogP contribution >= 0.6 is 24.0 Å². The number of nitrogens with one attached hydrogen (secondary N) is 4. The van der Waals surface area contributed by atoms with E-state index in [2.05, 4.69) is 16.0 Å². The lowest BCUT2D eigenvalue weighted by atomic mass is 10.0. The zero-order chi connectivity index (χ0) is 33.8. The topological polar surface area (TPSA) is 190 Å². The number of carbonyl (C=O) groups is 5. The van der Waals surface area contributed by atoms with E-state index in [9.17, 15) is 24.0 Å². The van der Waals surface area contributed by atoms with Gasteiger partial charge in [0.15, 0.2) is 0 Å². The number of esters is 2. The lowest BCUT2D eigenvalue weighted by molar-refractivity contribution is -0.159. The van der Waals surface area contributed by atoms with Crippen molar-refractivity contribution in [1.82, 2.24) is 16.0 Å². The maximum atomic E-state index is 13.5. The molecule has 2 aromatic carbocycles. The summed E-state index contributed by atoms with van der Waals surface area (Å²) in [5, 5.41) is 15.2. The van der Waals surface area contributed by atoms with E-state index >= 15 is 0 Å². The fourth-order valence-electron chi connectivity index (χ4n) is 4.10. The molecule has 12 nitrogen and oxygen atoms in total. The minimum atomic E-state index is -1.43. The zero-order valence-corrected chi connectivity index (χ0v) is 29.6. The molecule has 0 unspecified atom stereocenters. The molecular formula is C33H46IN5O7. The number of amides is 3. The van der Waals surface area contributed by atoms with Gasteiger partial charge in [-0.05, 0) is 59.1 Å². The maximum absolute atomic E-state index is 13.5. The molecule has 0 spiro atoms. The average Bonchev–Trinajstić information content (AvgIpc) is 2.91. The summed E-state index contributed by atoms with van der Waals surface area (Å²) in [6.45, 7) is 10.3. The molecule has 0 saturated carbocycles. The van der Waals surface area contributed by atoms with Crippen LogP contribution in [0.1, 0.15) is 71.1 Å².